The quantitative estimate of drug-likeness (QED) is 0.460. The third-order valence-corrected chi connectivity index (χ3v) is 5.79. The minimum Gasteiger partial charge on any atom is -0.478 e. The van der Waals surface area contributed by atoms with Crippen molar-refractivity contribution in [3.8, 4) is 17.2 Å². The van der Waals surface area contributed by atoms with E-state index in [1.165, 1.54) is 30.3 Å². The summed E-state index contributed by atoms with van der Waals surface area (Å²) in [5.74, 6) is -0.530. The third-order valence-electron chi connectivity index (χ3n) is 5.79. The van der Waals surface area contributed by atoms with E-state index in [0.29, 0.717) is 11.6 Å². The third kappa shape index (κ3) is 3.26. The smallest absolute Gasteiger partial charge is 0.335 e. The number of aryl methyl sites for hydroxylation is 1. The van der Waals surface area contributed by atoms with Crippen LogP contribution in [-0.2, 0) is 5.41 Å². The van der Waals surface area contributed by atoms with Crippen LogP contribution in [0.3, 0.4) is 0 Å². The van der Waals surface area contributed by atoms with Crippen LogP contribution in [0.5, 0.6) is 0 Å². The molecule has 0 atom stereocenters. The van der Waals surface area contributed by atoms with Gasteiger partial charge in [-0.1, -0.05) is 29.4 Å². The summed E-state index contributed by atoms with van der Waals surface area (Å²) in [6.07, 6.45) is -1.07. The number of benzene rings is 2. The number of aromatic carboxylic acids is 1. The predicted molar refractivity (Wildman–Crippen MR) is 110 cm³/mol. The molecule has 1 fully saturated rings. The number of nitrogens with zero attached hydrogens (tertiary/aromatic N) is 4. The molecule has 4 aromatic rings. The van der Waals surface area contributed by atoms with Gasteiger partial charge in [-0.05, 0) is 61.2 Å². The molecule has 162 valence electrons. The van der Waals surface area contributed by atoms with Gasteiger partial charge in [0.2, 0.25) is 11.7 Å². The Balaban J connectivity index is 1.52. The molecule has 7 nitrogen and oxygen atoms in total. The molecule has 0 aliphatic heterocycles. The van der Waals surface area contributed by atoms with Crippen LogP contribution in [-0.4, -0.2) is 31.0 Å². The largest absolute Gasteiger partial charge is 0.478 e. The summed E-state index contributed by atoms with van der Waals surface area (Å²) < 4.78 is 34.0. The van der Waals surface area contributed by atoms with Crippen LogP contribution in [0.4, 0.5) is 8.78 Å². The van der Waals surface area contributed by atoms with E-state index in [0.717, 1.165) is 28.7 Å². The van der Waals surface area contributed by atoms with Crippen molar-refractivity contribution in [2.45, 2.75) is 31.6 Å². The van der Waals surface area contributed by atoms with Gasteiger partial charge in [0.1, 0.15) is 11.4 Å². The van der Waals surface area contributed by atoms with Gasteiger partial charge < -0.3 is 9.63 Å². The number of carbonyl (C=O) groups is 1. The van der Waals surface area contributed by atoms with Crippen LogP contribution < -0.4 is 0 Å². The molecule has 0 unspecified atom stereocenters. The summed E-state index contributed by atoms with van der Waals surface area (Å²) >= 11 is 0. The lowest BCUT2D eigenvalue weighted by Crippen LogP contribution is -2.10. The Hall–Kier alpha value is -3.88. The van der Waals surface area contributed by atoms with Gasteiger partial charge in [0.15, 0.2) is 0 Å². The minimum absolute atomic E-state index is 0.0495. The topological polar surface area (TPSA) is 94.0 Å². The number of aromatic nitrogens is 4. The highest BCUT2D eigenvalue weighted by molar-refractivity contribution is 5.87. The number of halogens is 2. The van der Waals surface area contributed by atoms with Gasteiger partial charge in [-0.2, -0.15) is 10.1 Å². The van der Waals surface area contributed by atoms with Crippen LogP contribution in [0.1, 0.15) is 52.3 Å². The first-order chi connectivity index (χ1) is 15.4. The van der Waals surface area contributed by atoms with Crippen molar-refractivity contribution in [1.82, 2.24) is 19.9 Å². The molecule has 32 heavy (non-hydrogen) atoms. The van der Waals surface area contributed by atoms with E-state index < -0.39 is 12.4 Å². The summed E-state index contributed by atoms with van der Waals surface area (Å²) in [6, 6.07) is 14.7. The molecule has 1 N–H and O–H groups in total. The zero-order chi connectivity index (χ0) is 22.5. The first-order valence-electron chi connectivity index (χ1n) is 10.0. The van der Waals surface area contributed by atoms with Gasteiger partial charge in [-0.15, -0.1) is 0 Å². The van der Waals surface area contributed by atoms with E-state index in [9.17, 15) is 13.6 Å². The summed E-state index contributed by atoms with van der Waals surface area (Å²) in [5, 5.41) is 17.3. The Labute approximate surface area is 181 Å². The SMILES string of the molecule is Cc1ccccc1C1(c2nc(-c3cc(C(F)F)n(-c4ccc(C(=O)O)cc4)n3)no2)CC1. The average Bonchev–Trinajstić information content (AvgIpc) is 3.22. The lowest BCUT2D eigenvalue weighted by atomic mass is 9.92. The monoisotopic (exact) mass is 436 g/mol. The molecule has 1 aliphatic rings. The molecule has 2 aromatic heterocycles. The Morgan fingerprint density at radius 1 is 1.16 bits per heavy atom. The first kappa shape index (κ1) is 20.0. The zero-order valence-corrected chi connectivity index (χ0v) is 17.0. The summed E-state index contributed by atoms with van der Waals surface area (Å²) in [4.78, 5) is 15.6. The maximum Gasteiger partial charge on any atom is 0.335 e. The van der Waals surface area contributed by atoms with Crippen molar-refractivity contribution < 1.29 is 23.2 Å². The molecule has 5 rings (SSSR count). The molecular formula is C23H18F2N4O3. The molecule has 1 saturated carbocycles. The fourth-order valence-corrected chi connectivity index (χ4v) is 3.97. The maximum absolute atomic E-state index is 13.7. The van der Waals surface area contributed by atoms with Crippen molar-refractivity contribution in [3.05, 3.63) is 82.9 Å². The van der Waals surface area contributed by atoms with E-state index in [4.69, 9.17) is 9.63 Å². The second-order valence-corrected chi connectivity index (χ2v) is 7.84. The van der Waals surface area contributed by atoms with Crippen molar-refractivity contribution in [2.75, 3.05) is 0 Å². The summed E-state index contributed by atoms with van der Waals surface area (Å²) in [7, 11) is 0. The molecule has 1 aliphatic carbocycles. The fourth-order valence-electron chi connectivity index (χ4n) is 3.97. The second-order valence-electron chi connectivity index (χ2n) is 7.84. The van der Waals surface area contributed by atoms with Gasteiger partial charge >= 0.3 is 5.97 Å². The number of hydrogen-bond acceptors (Lipinski definition) is 5. The summed E-state index contributed by atoms with van der Waals surface area (Å²) in [6.45, 7) is 2.03. The van der Waals surface area contributed by atoms with Crippen LogP contribution in [0, 0.1) is 6.92 Å². The Morgan fingerprint density at radius 3 is 2.50 bits per heavy atom. The molecule has 2 heterocycles. The normalized spacial score (nSPS) is 14.6. The van der Waals surface area contributed by atoms with E-state index in [-0.39, 0.29) is 28.2 Å². The number of alkyl halides is 2. The molecule has 2 aromatic carbocycles. The van der Waals surface area contributed by atoms with Gasteiger partial charge in [0, 0.05) is 0 Å². The second kappa shape index (κ2) is 7.37. The van der Waals surface area contributed by atoms with Gasteiger partial charge in [0.25, 0.3) is 6.43 Å². The number of carboxylic acid groups (broad SMARTS) is 1. The average molecular weight is 436 g/mol. The molecule has 0 bridgehead atoms. The van der Waals surface area contributed by atoms with E-state index in [1.807, 2.05) is 31.2 Å². The number of rotatable bonds is 6. The van der Waals surface area contributed by atoms with Crippen LogP contribution in [0.15, 0.2) is 59.1 Å². The Morgan fingerprint density at radius 2 is 1.88 bits per heavy atom. The minimum atomic E-state index is -2.80. The van der Waals surface area contributed by atoms with Crippen molar-refractivity contribution in [2.24, 2.45) is 0 Å². The van der Waals surface area contributed by atoms with E-state index >= 15 is 0 Å². The standard InChI is InChI=1S/C23H18F2N4O3/c1-13-4-2-3-5-16(13)23(10-11-23)22-26-20(28-32-22)17-12-18(19(24)25)29(27-17)15-8-6-14(7-9-15)21(30)31/h2-9,12,19H,10-11H2,1H3,(H,30,31). The number of hydrogen-bond donors (Lipinski definition) is 1. The number of carboxylic acids is 1. The van der Waals surface area contributed by atoms with E-state index in [2.05, 4.69) is 15.2 Å². The van der Waals surface area contributed by atoms with Crippen LogP contribution in [0.25, 0.3) is 17.2 Å². The zero-order valence-electron chi connectivity index (χ0n) is 17.0. The van der Waals surface area contributed by atoms with Crippen LogP contribution >= 0.6 is 0 Å². The highest BCUT2D eigenvalue weighted by Gasteiger charge is 2.51. The van der Waals surface area contributed by atoms with Crippen LogP contribution in [0.2, 0.25) is 0 Å². The molecular weight excluding hydrogens is 418 g/mol. The predicted octanol–water partition coefficient (Wildman–Crippen LogP) is 4.95. The van der Waals surface area contributed by atoms with Crippen molar-refractivity contribution in [3.63, 3.8) is 0 Å². The van der Waals surface area contributed by atoms with E-state index in [1.54, 1.807) is 0 Å². The first-order valence-corrected chi connectivity index (χ1v) is 10.0. The maximum atomic E-state index is 13.7. The molecule has 0 spiro atoms. The lowest BCUT2D eigenvalue weighted by Gasteiger charge is -2.13. The van der Waals surface area contributed by atoms with Gasteiger partial charge in [0.05, 0.1) is 16.7 Å². The van der Waals surface area contributed by atoms with Gasteiger partial charge in [-0.25, -0.2) is 18.3 Å². The highest BCUT2D eigenvalue weighted by atomic mass is 19.3. The summed E-state index contributed by atoms with van der Waals surface area (Å²) in [5.41, 5.74) is 2.04. The Bertz CT molecular complexity index is 1310. The van der Waals surface area contributed by atoms with Crippen molar-refractivity contribution >= 4 is 5.97 Å². The molecule has 0 amide bonds. The van der Waals surface area contributed by atoms with Crippen molar-refractivity contribution in [1.29, 1.82) is 0 Å². The fraction of sp³-hybridized carbons (Fsp3) is 0.217. The lowest BCUT2D eigenvalue weighted by molar-refractivity contribution is 0.0697. The highest BCUT2D eigenvalue weighted by Crippen LogP contribution is 2.53. The molecule has 0 radical (unpaired) electrons. The Kier molecular flexibility index (Phi) is 4.61. The van der Waals surface area contributed by atoms with Gasteiger partial charge in [-0.3, -0.25) is 0 Å². The molecule has 0 saturated heterocycles. The molecule has 9 heteroatoms.